The van der Waals surface area contributed by atoms with Gasteiger partial charge in [-0.05, 0) is 70.0 Å². The molecule has 0 aliphatic carbocycles. The SMILES string of the molecule is CNCCC1CCCCN1C(=O)c1ccc(Cl)c(C)c1. The maximum atomic E-state index is 12.7. The summed E-state index contributed by atoms with van der Waals surface area (Å²) in [5, 5.41) is 3.89. The molecule has 1 atom stereocenters. The summed E-state index contributed by atoms with van der Waals surface area (Å²) < 4.78 is 0. The molecule has 0 spiro atoms. The fourth-order valence-electron chi connectivity index (χ4n) is 2.82. The van der Waals surface area contributed by atoms with Crippen LogP contribution in [0.2, 0.25) is 5.02 Å². The third-order valence-electron chi connectivity index (χ3n) is 4.02. The molecule has 1 N–H and O–H groups in total. The fourth-order valence-corrected chi connectivity index (χ4v) is 2.94. The van der Waals surface area contributed by atoms with Crippen LogP contribution in [0.15, 0.2) is 18.2 Å². The van der Waals surface area contributed by atoms with E-state index in [0.29, 0.717) is 11.1 Å². The number of hydrogen-bond acceptors (Lipinski definition) is 2. The average Bonchev–Trinajstić information content (AvgIpc) is 2.47. The van der Waals surface area contributed by atoms with Crippen molar-refractivity contribution >= 4 is 17.5 Å². The normalized spacial score (nSPS) is 19.1. The zero-order valence-corrected chi connectivity index (χ0v) is 13.0. The quantitative estimate of drug-likeness (QED) is 0.924. The lowest BCUT2D eigenvalue weighted by molar-refractivity contribution is 0.0602. The minimum absolute atomic E-state index is 0.144. The lowest BCUT2D eigenvalue weighted by atomic mass is 9.98. The maximum absolute atomic E-state index is 12.7. The standard InChI is InChI=1S/C16H23ClN2O/c1-12-11-13(6-7-15(12)17)16(20)19-10-4-3-5-14(19)8-9-18-2/h6-7,11,14,18H,3-5,8-10H2,1-2H3. The second kappa shape index (κ2) is 7.09. The summed E-state index contributed by atoms with van der Waals surface area (Å²) >= 11 is 6.04. The number of carbonyl (C=O) groups is 1. The smallest absolute Gasteiger partial charge is 0.254 e. The molecule has 1 unspecified atom stereocenters. The number of halogens is 1. The Labute approximate surface area is 126 Å². The number of carbonyl (C=O) groups excluding carboxylic acids is 1. The zero-order chi connectivity index (χ0) is 14.5. The van der Waals surface area contributed by atoms with Gasteiger partial charge < -0.3 is 10.2 Å². The second-order valence-electron chi connectivity index (χ2n) is 5.50. The number of rotatable bonds is 4. The molecule has 110 valence electrons. The first-order valence-corrected chi connectivity index (χ1v) is 7.73. The van der Waals surface area contributed by atoms with Crippen molar-refractivity contribution in [3.63, 3.8) is 0 Å². The molecule has 3 nitrogen and oxygen atoms in total. The van der Waals surface area contributed by atoms with E-state index in [1.165, 1.54) is 6.42 Å². The zero-order valence-electron chi connectivity index (χ0n) is 12.3. The number of likely N-dealkylation sites (tertiary alicyclic amines) is 1. The Kier molecular flexibility index (Phi) is 5.44. The van der Waals surface area contributed by atoms with E-state index in [1.54, 1.807) is 0 Å². The van der Waals surface area contributed by atoms with Gasteiger partial charge in [0.15, 0.2) is 0 Å². The third-order valence-corrected chi connectivity index (χ3v) is 4.44. The van der Waals surface area contributed by atoms with Gasteiger partial charge >= 0.3 is 0 Å². The van der Waals surface area contributed by atoms with Crippen LogP contribution in [-0.4, -0.2) is 37.0 Å². The van der Waals surface area contributed by atoms with Crippen LogP contribution in [0.3, 0.4) is 0 Å². The third kappa shape index (κ3) is 3.53. The van der Waals surface area contributed by atoms with Crippen molar-refractivity contribution < 1.29 is 4.79 Å². The van der Waals surface area contributed by atoms with E-state index in [0.717, 1.165) is 43.5 Å². The summed E-state index contributed by atoms with van der Waals surface area (Å²) in [4.78, 5) is 14.7. The highest BCUT2D eigenvalue weighted by Crippen LogP contribution is 2.23. The van der Waals surface area contributed by atoms with Crippen molar-refractivity contribution in [2.75, 3.05) is 20.1 Å². The van der Waals surface area contributed by atoms with E-state index in [-0.39, 0.29) is 5.91 Å². The van der Waals surface area contributed by atoms with Crippen molar-refractivity contribution in [1.29, 1.82) is 0 Å². The molecule has 0 aromatic heterocycles. The largest absolute Gasteiger partial charge is 0.336 e. The first kappa shape index (κ1) is 15.3. The van der Waals surface area contributed by atoms with E-state index in [9.17, 15) is 4.79 Å². The van der Waals surface area contributed by atoms with Crippen molar-refractivity contribution in [3.05, 3.63) is 34.3 Å². The summed E-state index contributed by atoms with van der Waals surface area (Å²) in [5.74, 6) is 0.144. The second-order valence-corrected chi connectivity index (χ2v) is 5.91. The molecule has 0 saturated carbocycles. The summed E-state index contributed by atoms with van der Waals surface area (Å²) in [7, 11) is 1.96. The van der Waals surface area contributed by atoms with Gasteiger partial charge in [0.2, 0.25) is 0 Å². The van der Waals surface area contributed by atoms with E-state index in [4.69, 9.17) is 11.6 Å². The van der Waals surface area contributed by atoms with Crippen LogP contribution in [0, 0.1) is 6.92 Å². The lowest BCUT2D eigenvalue weighted by Gasteiger charge is -2.36. The van der Waals surface area contributed by atoms with Gasteiger partial charge in [0.25, 0.3) is 5.91 Å². The summed E-state index contributed by atoms with van der Waals surface area (Å²) in [6.07, 6.45) is 4.46. The van der Waals surface area contributed by atoms with E-state index in [1.807, 2.05) is 37.1 Å². The van der Waals surface area contributed by atoms with Gasteiger partial charge in [-0.3, -0.25) is 4.79 Å². The monoisotopic (exact) mass is 294 g/mol. The molecular weight excluding hydrogens is 272 g/mol. The van der Waals surface area contributed by atoms with Crippen LogP contribution in [0.1, 0.15) is 41.6 Å². The molecule has 0 bridgehead atoms. The van der Waals surface area contributed by atoms with Gasteiger partial charge in [0.1, 0.15) is 0 Å². The number of benzene rings is 1. The van der Waals surface area contributed by atoms with Crippen LogP contribution in [0.5, 0.6) is 0 Å². The first-order valence-electron chi connectivity index (χ1n) is 7.35. The highest BCUT2D eigenvalue weighted by atomic mass is 35.5. The van der Waals surface area contributed by atoms with Crippen LogP contribution >= 0.6 is 11.6 Å². The molecule has 1 fully saturated rings. The summed E-state index contributed by atoms with van der Waals surface area (Å²) in [6, 6.07) is 5.91. The molecule has 1 aliphatic heterocycles. The number of nitrogens with zero attached hydrogens (tertiary/aromatic N) is 1. The molecule has 1 aliphatic rings. The van der Waals surface area contributed by atoms with Crippen LogP contribution in [0.4, 0.5) is 0 Å². The van der Waals surface area contributed by atoms with E-state index < -0.39 is 0 Å². The Balaban J connectivity index is 2.14. The van der Waals surface area contributed by atoms with Crippen molar-refractivity contribution in [3.8, 4) is 0 Å². The Morgan fingerprint density at radius 2 is 2.25 bits per heavy atom. The van der Waals surface area contributed by atoms with Gasteiger partial charge in [-0.25, -0.2) is 0 Å². The first-order chi connectivity index (χ1) is 9.63. The van der Waals surface area contributed by atoms with Gasteiger partial charge in [-0.15, -0.1) is 0 Å². The number of aryl methyl sites for hydroxylation is 1. The molecule has 1 aromatic carbocycles. The molecule has 2 rings (SSSR count). The summed E-state index contributed by atoms with van der Waals surface area (Å²) in [6.45, 7) is 3.76. The number of amides is 1. The molecule has 1 heterocycles. The number of hydrogen-bond donors (Lipinski definition) is 1. The fraction of sp³-hybridized carbons (Fsp3) is 0.562. The Hall–Kier alpha value is -1.06. The average molecular weight is 295 g/mol. The van der Waals surface area contributed by atoms with Gasteiger partial charge in [-0.2, -0.15) is 0 Å². The van der Waals surface area contributed by atoms with Crippen molar-refractivity contribution in [2.24, 2.45) is 0 Å². The molecule has 0 radical (unpaired) electrons. The molecule has 4 heteroatoms. The number of nitrogens with one attached hydrogen (secondary N) is 1. The van der Waals surface area contributed by atoms with Crippen LogP contribution in [0.25, 0.3) is 0 Å². The summed E-state index contributed by atoms with van der Waals surface area (Å²) in [5.41, 5.74) is 1.71. The highest BCUT2D eigenvalue weighted by molar-refractivity contribution is 6.31. The highest BCUT2D eigenvalue weighted by Gasteiger charge is 2.27. The van der Waals surface area contributed by atoms with Crippen LogP contribution < -0.4 is 5.32 Å². The molecule has 20 heavy (non-hydrogen) atoms. The lowest BCUT2D eigenvalue weighted by Crippen LogP contribution is -2.44. The Morgan fingerprint density at radius 1 is 1.45 bits per heavy atom. The number of piperidine rings is 1. The molecular formula is C16H23ClN2O. The predicted octanol–water partition coefficient (Wildman–Crippen LogP) is 3.25. The predicted molar refractivity (Wildman–Crippen MR) is 83.4 cm³/mol. The van der Waals surface area contributed by atoms with Crippen molar-refractivity contribution in [2.45, 2.75) is 38.6 Å². The Morgan fingerprint density at radius 3 is 2.95 bits per heavy atom. The minimum atomic E-state index is 0.144. The topological polar surface area (TPSA) is 32.3 Å². The van der Waals surface area contributed by atoms with Gasteiger partial charge in [-0.1, -0.05) is 11.6 Å². The van der Waals surface area contributed by atoms with Crippen molar-refractivity contribution in [1.82, 2.24) is 10.2 Å². The Bertz CT molecular complexity index is 476. The molecule has 1 aromatic rings. The van der Waals surface area contributed by atoms with Gasteiger partial charge in [0.05, 0.1) is 0 Å². The van der Waals surface area contributed by atoms with E-state index >= 15 is 0 Å². The maximum Gasteiger partial charge on any atom is 0.254 e. The minimum Gasteiger partial charge on any atom is -0.336 e. The molecule has 1 amide bonds. The molecule has 1 saturated heterocycles. The van der Waals surface area contributed by atoms with E-state index in [2.05, 4.69) is 5.32 Å². The van der Waals surface area contributed by atoms with Crippen LogP contribution in [-0.2, 0) is 0 Å². The van der Waals surface area contributed by atoms with Gasteiger partial charge in [0, 0.05) is 23.2 Å².